The molecule has 1 aromatic heterocycles. The van der Waals surface area contributed by atoms with Crippen LogP contribution in [-0.4, -0.2) is 62.1 Å². The number of anilines is 2. The molecule has 2 aliphatic rings. The van der Waals surface area contributed by atoms with E-state index in [-0.39, 0.29) is 18.2 Å². The van der Waals surface area contributed by atoms with E-state index in [9.17, 15) is 4.39 Å². The van der Waals surface area contributed by atoms with E-state index in [0.717, 1.165) is 60.4 Å². The second kappa shape index (κ2) is 8.78. The second-order valence-corrected chi connectivity index (χ2v) is 8.44. The van der Waals surface area contributed by atoms with Crippen LogP contribution >= 0.6 is 23.7 Å². The maximum absolute atomic E-state index is 13.8. The first kappa shape index (κ1) is 21.0. The number of rotatable bonds is 3. The summed E-state index contributed by atoms with van der Waals surface area (Å²) in [6.07, 6.45) is 0.992. The molecule has 8 heteroatoms. The van der Waals surface area contributed by atoms with Gasteiger partial charge in [-0.1, -0.05) is 0 Å². The average molecular weight is 425 g/mol. The summed E-state index contributed by atoms with van der Waals surface area (Å²) in [6.45, 7) is 5.65. The number of amidine groups is 1. The van der Waals surface area contributed by atoms with Gasteiger partial charge < -0.3 is 15.0 Å². The minimum absolute atomic E-state index is 0. The summed E-state index contributed by atoms with van der Waals surface area (Å²) in [6, 6.07) is 7.34. The van der Waals surface area contributed by atoms with Crippen molar-refractivity contribution < 1.29 is 9.13 Å². The minimum atomic E-state index is -0.256. The minimum Gasteiger partial charge on any atom is -0.385 e. The van der Waals surface area contributed by atoms with Gasteiger partial charge in [0.1, 0.15) is 16.7 Å². The number of hydrogen-bond donors (Lipinski definition) is 1. The molecule has 1 N–H and O–H groups in total. The molecule has 0 saturated carbocycles. The van der Waals surface area contributed by atoms with Crippen LogP contribution in [0.4, 0.5) is 20.8 Å². The van der Waals surface area contributed by atoms with E-state index in [1.807, 2.05) is 0 Å². The Bertz CT molecular complexity index is 872. The fraction of sp³-hybridized carbons (Fsp3) is 0.450. The van der Waals surface area contributed by atoms with Gasteiger partial charge in [0.05, 0.1) is 16.9 Å². The summed E-state index contributed by atoms with van der Waals surface area (Å²) in [5.41, 5.74) is 2.60. The first-order valence-corrected chi connectivity index (χ1v) is 10.1. The van der Waals surface area contributed by atoms with Crippen molar-refractivity contribution in [3.05, 3.63) is 40.5 Å². The van der Waals surface area contributed by atoms with Gasteiger partial charge in [-0.25, -0.2) is 9.38 Å². The number of methoxy groups -OCH3 is 1. The number of aryl methyl sites for hydroxylation is 1. The zero-order valence-electron chi connectivity index (χ0n) is 16.4. The predicted octanol–water partition coefficient (Wildman–Crippen LogP) is 4.41. The topological polar surface area (TPSA) is 40.1 Å². The Morgan fingerprint density at radius 3 is 2.93 bits per heavy atom. The summed E-state index contributed by atoms with van der Waals surface area (Å²) >= 11 is 1.68. The van der Waals surface area contributed by atoms with Crippen LogP contribution in [0.15, 0.2) is 29.3 Å². The van der Waals surface area contributed by atoms with Gasteiger partial charge in [0.2, 0.25) is 0 Å². The average Bonchev–Trinajstić information content (AvgIpc) is 2.93. The third-order valence-corrected chi connectivity index (χ3v) is 6.23. The van der Waals surface area contributed by atoms with E-state index in [1.54, 1.807) is 24.5 Å². The van der Waals surface area contributed by atoms with E-state index < -0.39 is 0 Å². The number of nitrogens with one attached hydrogen (secondary N) is 1. The molecule has 1 fully saturated rings. The predicted molar refractivity (Wildman–Crippen MR) is 117 cm³/mol. The third-order valence-electron chi connectivity index (χ3n) is 5.26. The number of thiophene rings is 1. The lowest BCUT2D eigenvalue weighted by molar-refractivity contribution is 0.100. The normalized spacial score (nSPS) is 19.1. The highest BCUT2D eigenvalue weighted by Crippen LogP contribution is 2.39. The molecule has 0 bridgehead atoms. The van der Waals surface area contributed by atoms with Gasteiger partial charge >= 0.3 is 0 Å². The van der Waals surface area contributed by atoms with E-state index >= 15 is 0 Å². The first-order valence-electron chi connectivity index (χ1n) is 9.25. The van der Waals surface area contributed by atoms with Gasteiger partial charge in [-0.3, -0.25) is 4.90 Å². The number of likely N-dealkylation sites (N-methyl/N-ethyl adjacent to an activating group) is 1. The number of aliphatic imine (C=N–C) groups is 1. The van der Waals surface area contributed by atoms with Gasteiger partial charge in [-0.2, -0.15) is 0 Å². The van der Waals surface area contributed by atoms with Crippen molar-refractivity contribution in [2.24, 2.45) is 4.99 Å². The molecule has 0 aliphatic carbocycles. The Kier molecular flexibility index (Phi) is 6.60. The van der Waals surface area contributed by atoms with Gasteiger partial charge in [-0.15, -0.1) is 23.7 Å². The van der Waals surface area contributed by atoms with E-state index in [4.69, 9.17) is 9.73 Å². The number of hydrogen-bond acceptors (Lipinski definition) is 6. The van der Waals surface area contributed by atoms with Crippen molar-refractivity contribution in [2.45, 2.75) is 19.4 Å². The quantitative estimate of drug-likeness (QED) is 0.792. The van der Waals surface area contributed by atoms with Gasteiger partial charge in [-0.05, 0) is 44.7 Å². The van der Waals surface area contributed by atoms with Crippen LogP contribution in [0, 0.1) is 12.7 Å². The monoisotopic (exact) mass is 424 g/mol. The second-order valence-electron chi connectivity index (χ2n) is 7.18. The van der Waals surface area contributed by atoms with Crippen LogP contribution in [0.3, 0.4) is 0 Å². The number of halogens is 2. The Morgan fingerprint density at radius 1 is 1.32 bits per heavy atom. The lowest BCUT2D eigenvalue weighted by Crippen LogP contribution is -2.53. The number of nitrogens with zero attached hydrogens (tertiary/aromatic N) is 3. The fourth-order valence-corrected chi connectivity index (χ4v) is 4.64. The number of fused-ring (bicyclic) bond motifs is 2. The zero-order valence-corrected chi connectivity index (χ0v) is 18.0. The van der Waals surface area contributed by atoms with Crippen molar-refractivity contribution in [3.63, 3.8) is 0 Å². The Balaban J connectivity index is 0.00000225. The standard InChI is InChI=1S/C20H25FN4OS.ClH/c1-13-10-16-19(25-8-7-24(2)15(12-25)6-9-26-3)22-17-5-4-14(21)11-18(17)23-20(16)27-13;/h4-5,10-11,15,23H,6-9,12H2,1-3H3;1H. The molecule has 2 aliphatic heterocycles. The van der Waals surface area contributed by atoms with Crippen molar-refractivity contribution in [1.29, 1.82) is 0 Å². The molecule has 3 heterocycles. The molecule has 0 amide bonds. The molecule has 1 atom stereocenters. The first-order chi connectivity index (χ1) is 13.0. The van der Waals surface area contributed by atoms with Gasteiger partial charge in [0.15, 0.2) is 0 Å². The molecule has 2 aromatic rings. The molecule has 0 radical (unpaired) electrons. The Morgan fingerprint density at radius 2 is 2.14 bits per heavy atom. The van der Waals surface area contributed by atoms with E-state index in [1.165, 1.54) is 17.0 Å². The molecule has 5 nitrogen and oxygen atoms in total. The van der Waals surface area contributed by atoms with E-state index in [0.29, 0.717) is 6.04 Å². The van der Waals surface area contributed by atoms with Gasteiger partial charge in [0.25, 0.3) is 0 Å². The molecule has 1 saturated heterocycles. The SMILES string of the molecule is COCCC1CN(C2=Nc3ccc(F)cc3Nc3sc(C)cc32)CCN1C.Cl. The lowest BCUT2D eigenvalue weighted by atomic mass is 10.1. The molecular formula is C20H26ClFN4OS. The van der Waals surface area contributed by atoms with Crippen molar-refractivity contribution >= 4 is 46.0 Å². The van der Waals surface area contributed by atoms with Crippen LogP contribution in [0.2, 0.25) is 0 Å². The number of benzene rings is 1. The van der Waals surface area contributed by atoms with Crippen LogP contribution < -0.4 is 5.32 Å². The summed E-state index contributed by atoms with van der Waals surface area (Å²) in [5.74, 6) is 0.719. The summed E-state index contributed by atoms with van der Waals surface area (Å²) in [5, 5.41) is 4.43. The maximum atomic E-state index is 13.8. The Labute approximate surface area is 175 Å². The fourth-order valence-electron chi connectivity index (χ4n) is 3.72. The number of piperazine rings is 1. The third kappa shape index (κ3) is 4.17. The summed E-state index contributed by atoms with van der Waals surface area (Å²) < 4.78 is 19.1. The summed E-state index contributed by atoms with van der Waals surface area (Å²) in [4.78, 5) is 10.9. The molecule has 152 valence electrons. The highest BCUT2D eigenvalue weighted by atomic mass is 35.5. The molecule has 1 aromatic carbocycles. The molecule has 1 unspecified atom stereocenters. The van der Waals surface area contributed by atoms with Crippen molar-refractivity contribution in [2.75, 3.05) is 45.7 Å². The van der Waals surface area contributed by atoms with Crippen molar-refractivity contribution in [3.8, 4) is 0 Å². The molecular weight excluding hydrogens is 399 g/mol. The molecule has 0 spiro atoms. The Hall–Kier alpha value is -1.67. The maximum Gasteiger partial charge on any atom is 0.139 e. The lowest BCUT2D eigenvalue weighted by Gasteiger charge is -2.40. The van der Waals surface area contributed by atoms with Crippen molar-refractivity contribution in [1.82, 2.24) is 9.80 Å². The van der Waals surface area contributed by atoms with E-state index in [2.05, 4.69) is 35.2 Å². The van der Waals surface area contributed by atoms with Crippen LogP contribution in [0.1, 0.15) is 16.9 Å². The smallest absolute Gasteiger partial charge is 0.139 e. The largest absolute Gasteiger partial charge is 0.385 e. The number of ether oxygens (including phenoxy) is 1. The highest BCUT2D eigenvalue weighted by Gasteiger charge is 2.30. The summed E-state index contributed by atoms with van der Waals surface area (Å²) in [7, 11) is 3.92. The highest BCUT2D eigenvalue weighted by molar-refractivity contribution is 7.16. The molecule has 4 rings (SSSR count). The molecule has 28 heavy (non-hydrogen) atoms. The van der Waals surface area contributed by atoms with Crippen LogP contribution in [0.5, 0.6) is 0 Å². The van der Waals surface area contributed by atoms with Crippen LogP contribution in [0.25, 0.3) is 0 Å². The zero-order chi connectivity index (χ0) is 19.0. The van der Waals surface area contributed by atoms with Gasteiger partial charge in [0, 0.05) is 44.3 Å². The van der Waals surface area contributed by atoms with Crippen LogP contribution in [-0.2, 0) is 4.74 Å².